The molecule has 2 aromatic heterocycles. The number of methoxy groups -OCH3 is 2. The van der Waals surface area contributed by atoms with Gasteiger partial charge in [-0.1, -0.05) is 0 Å². The third-order valence-corrected chi connectivity index (χ3v) is 5.01. The van der Waals surface area contributed by atoms with Crippen LogP contribution in [0.3, 0.4) is 0 Å². The van der Waals surface area contributed by atoms with Gasteiger partial charge in [0.2, 0.25) is 5.91 Å². The van der Waals surface area contributed by atoms with E-state index in [1.54, 1.807) is 31.6 Å². The Morgan fingerprint density at radius 1 is 1.12 bits per heavy atom. The number of amides is 1. The molecule has 0 atom stereocenters. The minimum absolute atomic E-state index is 0.246. The lowest BCUT2D eigenvalue weighted by molar-refractivity contribution is -0.111. The Labute approximate surface area is 159 Å². The third kappa shape index (κ3) is 4.27. The highest BCUT2D eigenvalue weighted by molar-refractivity contribution is 7.14. The number of hydrogen-bond donors (Lipinski definition) is 1. The zero-order chi connectivity index (χ0) is 18.5. The molecule has 0 aliphatic heterocycles. The molecular weight excluding hydrogens is 370 g/mol. The third-order valence-electron chi connectivity index (χ3n) is 3.46. The van der Waals surface area contributed by atoms with Gasteiger partial charge >= 0.3 is 0 Å². The standard InChI is InChI=1S/C18H17N3O3S2/c1-11-19-13(9-25-11)5-7-17(22)21-18-20-14(10-26-18)12-4-6-15(23-2)16(8-12)24-3/h4-10H,1-3H3,(H,20,21,22)/b7-5+. The topological polar surface area (TPSA) is 73.3 Å². The van der Waals surface area contributed by atoms with E-state index in [4.69, 9.17) is 9.47 Å². The molecule has 0 saturated heterocycles. The molecule has 26 heavy (non-hydrogen) atoms. The van der Waals surface area contributed by atoms with Crippen LogP contribution in [0.5, 0.6) is 11.5 Å². The van der Waals surface area contributed by atoms with Crippen LogP contribution in [0.2, 0.25) is 0 Å². The fraction of sp³-hybridized carbons (Fsp3) is 0.167. The first-order valence-electron chi connectivity index (χ1n) is 7.68. The summed E-state index contributed by atoms with van der Waals surface area (Å²) in [6.45, 7) is 1.92. The van der Waals surface area contributed by atoms with Crippen molar-refractivity contribution in [1.29, 1.82) is 0 Å². The van der Waals surface area contributed by atoms with Crippen molar-refractivity contribution in [3.8, 4) is 22.8 Å². The number of nitrogens with zero attached hydrogens (tertiary/aromatic N) is 2. The van der Waals surface area contributed by atoms with E-state index >= 15 is 0 Å². The lowest BCUT2D eigenvalue weighted by Gasteiger charge is -2.08. The molecule has 3 aromatic rings. The van der Waals surface area contributed by atoms with Gasteiger partial charge in [-0.05, 0) is 31.2 Å². The molecule has 8 heteroatoms. The summed E-state index contributed by atoms with van der Waals surface area (Å²) >= 11 is 2.90. The molecule has 0 bridgehead atoms. The number of carbonyl (C=O) groups is 1. The summed E-state index contributed by atoms with van der Waals surface area (Å²) in [6, 6.07) is 5.57. The molecule has 0 spiro atoms. The van der Waals surface area contributed by atoms with E-state index in [1.807, 2.05) is 35.9 Å². The molecule has 0 aliphatic carbocycles. The molecule has 1 N–H and O–H groups in total. The summed E-state index contributed by atoms with van der Waals surface area (Å²) in [4.78, 5) is 20.8. The molecule has 1 amide bonds. The summed E-state index contributed by atoms with van der Waals surface area (Å²) in [5.41, 5.74) is 2.41. The van der Waals surface area contributed by atoms with Crippen LogP contribution in [-0.4, -0.2) is 30.1 Å². The van der Waals surface area contributed by atoms with Crippen LogP contribution in [0.25, 0.3) is 17.3 Å². The van der Waals surface area contributed by atoms with Crippen LogP contribution in [0.4, 0.5) is 5.13 Å². The maximum Gasteiger partial charge on any atom is 0.250 e. The highest BCUT2D eigenvalue weighted by Crippen LogP contribution is 2.33. The van der Waals surface area contributed by atoms with Gasteiger partial charge in [0.05, 0.1) is 30.6 Å². The van der Waals surface area contributed by atoms with Crippen molar-refractivity contribution >= 4 is 39.8 Å². The minimum atomic E-state index is -0.246. The lowest BCUT2D eigenvalue weighted by atomic mass is 10.1. The highest BCUT2D eigenvalue weighted by Gasteiger charge is 2.10. The molecule has 0 fully saturated rings. The maximum atomic E-state index is 12.0. The zero-order valence-corrected chi connectivity index (χ0v) is 16.1. The predicted octanol–water partition coefficient (Wildman–Crippen LogP) is 4.24. The largest absolute Gasteiger partial charge is 0.493 e. The van der Waals surface area contributed by atoms with Gasteiger partial charge in [-0.2, -0.15) is 0 Å². The summed E-state index contributed by atoms with van der Waals surface area (Å²) in [6.07, 6.45) is 3.13. The van der Waals surface area contributed by atoms with Crippen LogP contribution in [0.1, 0.15) is 10.7 Å². The Balaban J connectivity index is 1.69. The predicted molar refractivity (Wildman–Crippen MR) is 105 cm³/mol. The van der Waals surface area contributed by atoms with Crippen molar-refractivity contribution in [1.82, 2.24) is 9.97 Å². The number of ether oxygens (including phenoxy) is 2. The first-order valence-corrected chi connectivity index (χ1v) is 9.44. The smallest absolute Gasteiger partial charge is 0.250 e. The molecule has 0 radical (unpaired) electrons. The molecule has 0 aliphatic rings. The Morgan fingerprint density at radius 2 is 1.92 bits per heavy atom. The number of carbonyl (C=O) groups excluding carboxylic acids is 1. The van der Waals surface area contributed by atoms with E-state index in [1.165, 1.54) is 17.4 Å². The number of hydrogen-bond acceptors (Lipinski definition) is 7. The van der Waals surface area contributed by atoms with Gasteiger partial charge < -0.3 is 9.47 Å². The monoisotopic (exact) mass is 387 g/mol. The number of aromatic nitrogens is 2. The van der Waals surface area contributed by atoms with Gasteiger partial charge in [0.15, 0.2) is 16.6 Å². The Kier molecular flexibility index (Phi) is 5.65. The van der Waals surface area contributed by atoms with Crippen LogP contribution >= 0.6 is 22.7 Å². The van der Waals surface area contributed by atoms with Crippen LogP contribution in [-0.2, 0) is 4.79 Å². The van der Waals surface area contributed by atoms with Gasteiger partial charge in [0.25, 0.3) is 0 Å². The summed E-state index contributed by atoms with van der Waals surface area (Å²) < 4.78 is 10.6. The molecule has 6 nitrogen and oxygen atoms in total. The van der Waals surface area contributed by atoms with Crippen molar-refractivity contribution in [3.05, 3.63) is 45.7 Å². The molecule has 3 rings (SSSR count). The van der Waals surface area contributed by atoms with Gasteiger partial charge in [0.1, 0.15) is 0 Å². The normalized spacial score (nSPS) is 10.9. The van der Waals surface area contributed by atoms with Crippen molar-refractivity contribution in [2.75, 3.05) is 19.5 Å². The van der Waals surface area contributed by atoms with Gasteiger partial charge in [-0.3, -0.25) is 10.1 Å². The Morgan fingerprint density at radius 3 is 2.62 bits per heavy atom. The number of aryl methyl sites for hydroxylation is 1. The van der Waals surface area contributed by atoms with E-state index in [9.17, 15) is 4.79 Å². The molecule has 1 aromatic carbocycles. The fourth-order valence-electron chi connectivity index (χ4n) is 2.22. The van der Waals surface area contributed by atoms with E-state index in [0.29, 0.717) is 16.6 Å². The second-order valence-corrected chi connectivity index (χ2v) is 7.14. The molecule has 0 saturated carbocycles. The average molecular weight is 387 g/mol. The van der Waals surface area contributed by atoms with Crippen LogP contribution < -0.4 is 14.8 Å². The SMILES string of the molecule is COc1ccc(-c2csc(NC(=O)/C=C/c3csc(C)n3)n2)cc1OC. The maximum absolute atomic E-state index is 12.0. The summed E-state index contributed by atoms with van der Waals surface area (Å²) in [7, 11) is 3.18. The van der Waals surface area contributed by atoms with Gasteiger partial charge in [0, 0.05) is 22.4 Å². The van der Waals surface area contributed by atoms with Crippen LogP contribution in [0.15, 0.2) is 35.0 Å². The van der Waals surface area contributed by atoms with E-state index in [0.717, 1.165) is 22.0 Å². The van der Waals surface area contributed by atoms with Crippen molar-refractivity contribution in [2.45, 2.75) is 6.92 Å². The Hall–Kier alpha value is -2.71. The van der Waals surface area contributed by atoms with Crippen molar-refractivity contribution in [2.24, 2.45) is 0 Å². The van der Waals surface area contributed by atoms with E-state index in [-0.39, 0.29) is 5.91 Å². The molecule has 2 heterocycles. The minimum Gasteiger partial charge on any atom is -0.493 e. The van der Waals surface area contributed by atoms with Crippen molar-refractivity contribution < 1.29 is 14.3 Å². The number of benzene rings is 1. The molecule has 0 unspecified atom stereocenters. The second kappa shape index (κ2) is 8.11. The van der Waals surface area contributed by atoms with E-state index < -0.39 is 0 Å². The van der Waals surface area contributed by atoms with Gasteiger partial charge in [-0.25, -0.2) is 9.97 Å². The quantitative estimate of drug-likeness (QED) is 0.640. The van der Waals surface area contributed by atoms with Crippen molar-refractivity contribution in [3.63, 3.8) is 0 Å². The number of anilines is 1. The second-order valence-electron chi connectivity index (χ2n) is 5.22. The number of rotatable bonds is 6. The fourth-order valence-corrected chi connectivity index (χ4v) is 3.53. The highest BCUT2D eigenvalue weighted by atomic mass is 32.1. The molecule has 134 valence electrons. The number of thiazole rings is 2. The first kappa shape index (κ1) is 18.1. The molecular formula is C18H17N3O3S2. The number of nitrogens with one attached hydrogen (secondary N) is 1. The first-order chi connectivity index (χ1) is 12.6. The van der Waals surface area contributed by atoms with Crippen LogP contribution in [0, 0.1) is 6.92 Å². The summed E-state index contributed by atoms with van der Waals surface area (Å²) in [5, 5.41) is 8.03. The zero-order valence-electron chi connectivity index (χ0n) is 14.5. The Bertz CT molecular complexity index is 947. The van der Waals surface area contributed by atoms with Gasteiger partial charge in [-0.15, -0.1) is 22.7 Å². The van der Waals surface area contributed by atoms with E-state index in [2.05, 4.69) is 15.3 Å². The summed E-state index contributed by atoms with van der Waals surface area (Å²) in [5.74, 6) is 1.04. The average Bonchev–Trinajstić information content (AvgIpc) is 3.28. The lowest BCUT2D eigenvalue weighted by Crippen LogP contribution is -2.07.